The van der Waals surface area contributed by atoms with Crippen LogP contribution in [-0.2, 0) is 4.79 Å². The molecule has 3 saturated heterocycles. The molecule has 0 aliphatic carbocycles. The second-order valence-electron chi connectivity index (χ2n) is 7.63. The molecule has 0 radical (unpaired) electrons. The van der Waals surface area contributed by atoms with Gasteiger partial charge >= 0.3 is 0 Å². The molecule has 0 bridgehead atoms. The molecule has 23 heavy (non-hydrogen) atoms. The van der Waals surface area contributed by atoms with Gasteiger partial charge in [0.1, 0.15) is 0 Å². The Morgan fingerprint density at radius 3 is 2.39 bits per heavy atom. The Balaban J connectivity index is 1.46. The molecule has 3 fully saturated rings. The van der Waals surface area contributed by atoms with Crippen molar-refractivity contribution in [1.82, 2.24) is 14.7 Å². The van der Waals surface area contributed by atoms with Gasteiger partial charge in [-0.05, 0) is 58.5 Å². The molecular weight excluding hydrogens is 290 g/mol. The number of likely N-dealkylation sites (tertiary alicyclic amines) is 3. The van der Waals surface area contributed by atoms with Gasteiger partial charge in [0.2, 0.25) is 5.91 Å². The lowest BCUT2D eigenvalue weighted by atomic mass is 10.1. The number of aliphatic hydroxyl groups excluding tert-OH is 1. The average molecular weight is 323 g/mol. The van der Waals surface area contributed by atoms with E-state index in [1.807, 2.05) is 0 Å². The number of hydrogen-bond acceptors (Lipinski definition) is 4. The summed E-state index contributed by atoms with van der Waals surface area (Å²) in [5.74, 6) is 0.343. The van der Waals surface area contributed by atoms with E-state index in [1.54, 1.807) is 0 Å². The number of carbonyl (C=O) groups is 1. The van der Waals surface area contributed by atoms with Crippen molar-refractivity contribution in [3.63, 3.8) is 0 Å². The van der Waals surface area contributed by atoms with Gasteiger partial charge < -0.3 is 10.0 Å². The Morgan fingerprint density at radius 2 is 1.70 bits per heavy atom. The fourth-order valence-corrected chi connectivity index (χ4v) is 4.70. The molecule has 0 saturated carbocycles. The minimum atomic E-state index is 0.290. The zero-order valence-electron chi connectivity index (χ0n) is 14.6. The van der Waals surface area contributed by atoms with Crippen LogP contribution in [0.2, 0.25) is 0 Å². The molecule has 0 aromatic rings. The van der Waals surface area contributed by atoms with E-state index in [-0.39, 0.29) is 6.61 Å². The average Bonchev–Trinajstić information content (AvgIpc) is 3.26. The second-order valence-corrected chi connectivity index (χ2v) is 7.63. The van der Waals surface area contributed by atoms with Crippen molar-refractivity contribution in [1.29, 1.82) is 0 Å². The first kappa shape index (κ1) is 17.2. The van der Waals surface area contributed by atoms with Gasteiger partial charge in [-0.25, -0.2) is 0 Å². The molecule has 3 atom stereocenters. The van der Waals surface area contributed by atoms with Crippen LogP contribution in [0.25, 0.3) is 0 Å². The number of nitrogens with zero attached hydrogens (tertiary/aromatic N) is 3. The van der Waals surface area contributed by atoms with Crippen molar-refractivity contribution < 1.29 is 9.90 Å². The van der Waals surface area contributed by atoms with Gasteiger partial charge in [-0.1, -0.05) is 0 Å². The topological polar surface area (TPSA) is 47.0 Å². The predicted octanol–water partition coefficient (Wildman–Crippen LogP) is 1.31. The highest BCUT2D eigenvalue weighted by Crippen LogP contribution is 2.24. The van der Waals surface area contributed by atoms with Gasteiger partial charge in [0.25, 0.3) is 0 Å². The molecule has 1 amide bonds. The number of hydrogen-bond donors (Lipinski definition) is 1. The number of amides is 1. The van der Waals surface area contributed by atoms with Crippen LogP contribution in [0.3, 0.4) is 0 Å². The second kappa shape index (κ2) is 7.95. The van der Waals surface area contributed by atoms with Gasteiger partial charge in [0, 0.05) is 44.2 Å². The largest absolute Gasteiger partial charge is 0.395 e. The monoisotopic (exact) mass is 323 g/mol. The Bertz CT molecular complexity index is 404. The molecule has 3 heterocycles. The van der Waals surface area contributed by atoms with Crippen LogP contribution in [-0.4, -0.2) is 83.2 Å². The first-order chi connectivity index (χ1) is 11.2. The van der Waals surface area contributed by atoms with Crippen molar-refractivity contribution in [2.75, 3.05) is 39.3 Å². The summed E-state index contributed by atoms with van der Waals surface area (Å²) in [7, 11) is 0. The maximum atomic E-state index is 12.4. The standard InChI is InChI=1S/C18H33N3O2/c1-15-5-2-11-21(15)18(23)8-12-19-9-3-6-16(19)13-20-10-4-7-17(20)14-22/h15-17,22H,2-14H2,1H3. The van der Waals surface area contributed by atoms with Crippen LogP contribution in [0.5, 0.6) is 0 Å². The number of rotatable bonds is 6. The van der Waals surface area contributed by atoms with E-state index in [2.05, 4.69) is 21.6 Å². The fraction of sp³-hybridized carbons (Fsp3) is 0.944. The highest BCUT2D eigenvalue weighted by Gasteiger charge is 2.32. The van der Waals surface area contributed by atoms with Crippen molar-refractivity contribution in [3.05, 3.63) is 0 Å². The lowest BCUT2D eigenvalue weighted by Gasteiger charge is -2.31. The van der Waals surface area contributed by atoms with E-state index in [9.17, 15) is 9.90 Å². The predicted molar refractivity (Wildman–Crippen MR) is 91.3 cm³/mol. The fourth-order valence-electron chi connectivity index (χ4n) is 4.70. The zero-order valence-corrected chi connectivity index (χ0v) is 14.6. The minimum absolute atomic E-state index is 0.290. The third kappa shape index (κ3) is 4.06. The van der Waals surface area contributed by atoms with E-state index in [1.165, 1.54) is 19.3 Å². The maximum Gasteiger partial charge on any atom is 0.224 e. The van der Waals surface area contributed by atoms with Crippen molar-refractivity contribution in [2.45, 2.75) is 70.0 Å². The Hall–Kier alpha value is -0.650. The Kier molecular flexibility index (Phi) is 5.94. The highest BCUT2D eigenvalue weighted by molar-refractivity contribution is 5.77. The van der Waals surface area contributed by atoms with Gasteiger partial charge in [-0.2, -0.15) is 0 Å². The SMILES string of the molecule is CC1CCCN1C(=O)CCN1CCCC1CN1CCCC1CO. The molecular formula is C18H33N3O2. The molecule has 132 valence electrons. The lowest BCUT2D eigenvalue weighted by molar-refractivity contribution is -0.132. The van der Waals surface area contributed by atoms with Crippen LogP contribution >= 0.6 is 0 Å². The van der Waals surface area contributed by atoms with Crippen LogP contribution in [0.15, 0.2) is 0 Å². The van der Waals surface area contributed by atoms with Gasteiger partial charge in [-0.3, -0.25) is 14.6 Å². The maximum absolute atomic E-state index is 12.4. The molecule has 0 aromatic carbocycles. The Morgan fingerprint density at radius 1 is 1.00 bits per heavy atom. The summed E-state index contributed by atoms with van der Waals surface area (Å²) in [5.41, 5.74) is 0. The summed E-state index contributed by atoms with van der Waals surface area (Å²) < 4.78 is 0. The normalized spacial score (nSPS) is 33.0. The number of aliphatic hydroxyl groups is 1. The zero-order chi connectivity index (χ0) is 16.2. The van der Waals surface area contributed by atoms with Crippen LogP contribution in [0.4, 0.5) is 0 Å². The summed E-state index contributed by atoms with van der Waals surface area (Å²) in [6, 6.07) is 1.38. The van der Waals surface area contributed by atoms with E-state index in [0.29, 0.717) is 30.5 Å². The highest BCUT2D eigenvalue weighted by atomic mass is 16.3. The van der Waals surface area contributed by atoms with Crippen LogP contribution in [0, 0.1) is 0 Å². The van der Waals surface area contributed by atoms with E-state index in [4.69, 9.17) is 0 Å². The van der Waals surface area contributed by atoms with E-state index >= 15 is 0 Å². The van der Waals surface area contributed by atoms with Crippen LogP contribution < -0.4 is 0 Å². The van der Waals surface area contributed by atoms with Crippen molar-refractivity contribution >= 4 is 5.91 Å². The summed E-state index contributed by atoms with van der Waals surface area (Å²) in [6.07, 6.45) is 7.83. The van der Waals surface area contributed by atoms with Crippen molar-refractivity contribution in [2.24, 2.45) is 0 Å². The summed E-state index contributed by atoms with van der Waals surface area (Å²) in [4.78, 5) is 19.5. The third-order valence-electron chi connectivity index (χ3n) is 6.14. The smallest absolute Gasteiger partial charge is 0.224 e. The first-order valence-electron chi connectivity index (χ1n) is 9.57. The van der Waals surface area contributed by atoms with E-state index < -0.39 is 0 Å². The van der Waals surface area contributed by atoms with E-state index in [0.717, 1.165) is 52.0 Å². The third-order valence-corrected chi connectivity index (χ3v) is 6.14. The molecule has 5 heteroatoms. The summed E-state index contributed by atoms with van der Waals surface area (Å²) >= 11 is 0. The molecule has 3 aliphatic rings. The summed E-state index contributed by atoms with van der Waals surface area (Å²) in [6.45, 7) is 7.65. The first-order valence-corrected chi connectivity index (χ1v) is 9.57. The molecule has 5 nitrogen and oxygen atoms in total. The molecule has 3 unspecified atom stereocenters. The van der Waals surface area contributed by atoms with Gasteiger partial charge in [0.15, 0.2) is 0 Å². The van der Waals surface area contributed by atoms with Gasteiger partial charge in [-0.15, -0.1) is 0 Å². The quantitative estimate of drug-likeness (QED) is 0.801. The molecule has 3 aliphatic heterocycles. The molecule has 0 aromatic heterocycles. The lowest BCUT2D eigenvalue weighted by Crippen LogP contribution is -2.44. The molecule has 3 rings (SSSR count). The minimum Gasteiger partial charge on any atom is -0.395 e. The van der Waals surface area contributed by atoms with Crippen LogP contribution in [0.1, 0.15) is 51.9 Å². The number of carbonyl (C=O) groups excluding carboxylic acids is 1. The van der Waals surface area contributed by atoms with Crippen molar-refractivity contribution in [3.8, 4) is 0 Å². The molecule has 0 spiro atoms. The van der Waals surface area contributed by atoms with Gasteiger partial charge in [0.05, 0.1) is 6.61 Å². The summed E-state index contributed by atoms with van der Waals surface area (Å²) in [5, 5.41) is 9.49. The Labute approximate surface area is 140 Å². The molecule has 1 N–H and O–H groups in total.